The van der Waals surface area contributed by atoms with Crippen LogP contribution in [0.5, 0.6) is 0 Å². The van der Waals surface area contributed by atoms with Gasteiger partial charge in [0.2, 0.25) is 0 Å². The molecular weight excluding hydrogens is 296 g/mol. The van der Waals surface area contributed by atoms with E-state index in [2.05, 4.69) is 41.1 Å². The van der Waals surface area contributed by atoms with Crippen molar-refractivity contribution in [3.05, 3.63) is 71.0 Å². The molecule has 3 rings (SSSR count). The van der Waals surface area contributed by atoms with E-state index in [9.17, 15) is 4.79 Å². The van der Waals surface area contributed by atoms with E-state index in [4.69, 9.17) is 0 Å². The van der Waals surface area contributed by atoms with Crippen LogP contribution in [0.15, 0.2) is 48.5 Å². The highest BCUT2D eigenvalue weighted by atomic mass is 16.1. The predicted molar refractivity (Wildman–Crippen MR) is 99.4 cm³/mol. The van der Waals surface area contributed by atoms with E-state index in [-0.39, 0.29) is 11.9 Å². The second kappa shape index (κ2) is 6.52. The molecule has 0 aliphatic carbocycles. The number of nitrogens with zero attached hydrogens (tertiary/aromatic N) is 1. The van der Waals surface area contributed by atoms with Crippen molar-refractivity contribution in [2.45, 2.75) is 40.3 Å². The first-order valence-electron chi connectivity index (χ1n) is 8.48. The molecule has 124 valence electrons. The van der Waals surface area contributed by atoms with Gasteiger partial charge in [-0.05, 0) is 50.1 Å². The Morgan fingerprint density at radius 2 is 1.83 bits per heavy atom. The first-order chi connectivity index (χ1) is 11.5. The van der Waals surface area contributed by atoms with Crippen molar-refractivity contribution in [3.63, 3.8) is 0 Å². The monoisotopic (exact) mass is 320 g/mol. The van der Waals surface area contributed by atoms with Crippen LogP contribution in [0.3, 0.4) is 0 Å². The van der Waals surface area contributed by atoms with E-state index in [0.29, 0.717) is 0 Å². The molecule has 0 radical (unpaired) electrons. The van der Waals surface area contributed by atoms with Gasteiger partial charge in [-0.15, -0.1) is 0 Å². The van der Waals surface area contributed by atoms with Crippen molar-refractivity contribution >= 4 is 16.7 Å². The third-order valence-electron chi connectivity index (χ3n) is 4.77. The number of hydrogen-bond donors (Lipinski definition) is 1. The van der Waals surface area contributed by atoms with E-state index < -0.39 is 0 Å². The Hall–Kier alpha value is -2.55. The lowest BCUT2D eigenvalue weighted by molar-refractivity contribution is 0.0939. The first-order valence-corrected chi connectivity index (χ1v) is 8.48. The van der Waals surface area contributed by atoms with Crippen LogP contribution in [0, 0.1) is 13.8 Å². The van der Waals surface area contributed by atoms with E-state index >= 15 is 0 Å². The summed E-state index contributed by atoms with van der Waals surface area (Å²) in [5, 5.41) is 5.54. The van der Waals surface area contributed by atoms with Crippen LogP contribution >= 0.6 is 0 Å². The van der Waals surface area contributed by atoms with Crippen molar-refractivity contribution < 1.29 is 4.79 Å². The molecule has 1 heterocycles. The maximum absolute atomic E-state index is 12.7. The van der Waals surface area contributed by atoms with Crippen LogP contribution in [0.4, 0.5) is 0 Å². The molecule has 1 aromatic heterocycles. The average Bonchev–Trinajstić information content (AvgIpc) is 2.88. The number of aromatic nitrogens is 1. The summed E-state index contributed by atoms with van der Waals surface area (Å²) in [4.78, 5) is 12.7. The number of benzene rings is 2. The van der Waals surface area contributed by atoms with Crippen LogP contribution in [0.1, 0.15) is 47.2 Å². The average molecular weight is 320 g/mol. The summed E-state index contributed by atoms with van der Waals surface area (Å²) in [5.74, 6) is -0.0109. The van der Waals surface area contributed by atoms with E-state index in [1.54, 1.807) is 0 Å². The molecule has 0 bridgehead atoms. The van der Waals surface area contributed by atoms with Crippen molar-refractivity contribution in [1.29, 1.82) is 0 Å². The maximum atomic E-state index is 12.7. The SMILES string of the molecule is CCn1c(C)cc(C(=O)NC(C)c2cccc3ccccc23)c1C. The van der Waals surface area contributed by atoms with Gasteiger partial charge in [0.15, 0.2) is 0 Å². The van der Waals surface area contributed by atoms with Gasteiger partial charge in [0.1, 0.15) is 0 Å². The highest BCUT2D eigenvalue weighted by Crippen LogP contribution is 2.25. The molecule has 1 unspecified atom stereocenters. The van der Waals surface area contributed by atoms with Gasteiger partial charge in [0.05, 0.1) is 11.6 Å². The first kappa shape index (κ1) is 16.3. The molecule has 0 spiro atoms. The van der Waals surface area contributed by atoms with Gasteiger partial charge in [-0.2, -0.15) is 0 Å². The highest BCUT2D eigenvalue weighted by molar-refractivity contribution is 5.96. The van der Waals surface area contributed by atoms with Gasteiger partial charge < -0.3 is 9.88 Å². The number of aryl methyl sites for hydroxylation is 1. The lowest BCUT2D eigenvalue weighted by Gasteiger charge is -2.17. The molecule has 0 aliphatic heterocycles. The van der Waals surface area contributed by atoms with Crippen molar-refractivity contribution in [1.82, 2.24) is 9.88 Å². The van der Waals surface area contributed by atoms with Gasteiger partial charge in [0.25, 0.3) is 5.91 Å². The van der Waals surface area contributed by atoms with Crippen LogP contribution < -0.4 is 5.32 Å². The second-order valence-electron chi connectivity index (χ2n) is 6.29. The summed E-state index contributed by atoms with van der Waals surface area (Å²) in [5.41, 5.74) is 4.06. The smallest absolute Gasteiger partial charge is 0.253 e. The Morgan fingerprint density at radius 3 is 2.54 bits per heavy atom. The molecule has 3 nitrogen and oxygen atoms in total. The summed E-state index contributed by atoms with van der Waals surface area (Å²) in [6.07, 6.45) is 0. The van der Waals surface area contributed by atoms with Gasteiger partial charge in [-0.25, -0.2) is 0 Å². The molecule has 2 aromatic carbocycles. The zero-order valence-electron chi connectivity index (χ0n) is 14.8. The number of carbonyl (C=O) groups excluding carboxylic acids is 1. The molecule has 1 atom stereocenters. The standard InChI is InChI=1S/C21H24N2O/c1-5-23-14(2)13-20(16(23)4)21(24)22-15(3)18-12-8-10-17-9-6-7-11-19(17)18/h6-13,15H,5H2,1-4H3,(H,22,24). The largest absolute Gasteiger partial charge is 0.349 e. The Balaban J connectivity index is 1.89. The van der Waals surface area contributed by atoms with Crippen LogP contribution in [-0.4, -0.2) is 10.5 Å². The number of fused-ring (bicyclic) bond motifs is 1. The molecule has 3 heteroatoms. The van der Waals surface area contributed by atoms with Crippen LogP contribution in [-0.2, 0) is 6.54 Å². The zero-order chi connectivity index (χ0) is 17.3. The van der Waals surface area contributed by atoms with Crippen LogP contribution in [0.25, 0.3) is 10.8 Å². The summed E-state index contributed by atoms with van der Waals surface area (Å²) in [6, 6.07) is 16.4. The Kier molecular flexibility index (Phi) is 4.43. The Bertz CT molecular complexity index is 887. The number of hydrogen-bond acceptors (Lipinski definition) is 1. The van der Waals surface area contributed by atoms with E-state index in [1.165, 1.54) is 10.8 Å². The predicted octanol–water partition coefficient (Wildman–Crippen LogP) is 4.77. The second-order valence-corrected chi connectivity index (χ2v) is 6.29. The summed E-state index contributed by atoms with van der Waals surface area (Å²) in [6.45, 7) is 9.07. The molecule has 0 saturated heterocycles. The Morgan fingerprint density at radius 1 is 1.12 bits per heavy atom. The highest BCUT2D eigenvalue weighted by Gasteiger charge is 2.18. The lowest BCUT2D eigenvalue weighted by atomic mass is 9.99. The minimum atomic E-state index is -0.0479. The normalized spacial score (nSPS) is 12.3. The summed E-state index contributed by atoms with van der Waals surface area (Å²) < 4.78 is 2.16. The van der Waals surface area contributed by atoms with E-state index in [0.717, 1.165) is 29.1 Å². The van der Waals surface area contributed by atoms with Gasteiger partial charge in [0, 0.05) is 17.9 Å². The maximum Gasteiger partial charge on any atom is 0.253 e. The molecule has 1 amide bonds. The van der Waals surface area contributed by atoms with E-state index in [1.807, 2.05) is 45.0 Å². The van der Waals surface area contributed by atoms with Gasteiger partial charge in [-0.1, -0.05) is 42.5 Å². The quantitative estimate of drug-likeness (QED) is 0.738. The third-order valence-corrected chi connectivity index (χ3v) is 4.77. The fourth-order valence-electron chi connectivity index (χ4n) is 3.50. The van der Waals surface area contributed by atoms with Crippen molar-refractivity contribution in [2.24, 2.45) is 0 Å². The van der Waals surface area contributed by atoms with Gasteiger partial charge >= 0.3 is 0 Å². The number of rotatable bonds is 4. The topological polar surface area (TPSA) is 34.0 Å². The minimum Gasteiger partial charge on any atom is -0.349 e. The molecule has 0 saturated carbocycles. The Labute approximate surface area is 143 Å². The number of carbonyl (C=O) groups is 1. The molecule has 3 aromatic rings. The van der Waals surface area contributed by atoms with Crippen LogP contribution in [0.2, 0.25) is 0 Å². The molecule has 24 heavy (non-hydrogen) atoms. The molecule has 1 N–H and O–H groups in total. The minimum absolute atomic E-state index is 0.0109. The lowest BCUT2D eigenvalue weighted by Crippen LogP contribution is -2.27. The molecule has 0 fully saturated rings. The third kappa shape index (κ3) is 2.82. The van der Waals surface area contributed by atoms with Crippen molar-refractivity contribution in [3.8, 4) is 0 Å². The fourth-order valence-corrected chi connectivity index (χ4v) is 3.50. The molecule has 0 aliphatic rings. The zero-order valence-corrected chi connectivity index (χ0v) is 14.8. The number of amides is 1. The fraction of sp³-hybridized carbons (Fsp3) is 0.286. The van der Waals surface area contributed by atoms with Crippen molar-refractivity contribution in [2.75, 3.05) is 0 Å². The number of nitrogens with one attached hydrogen (secondary N) is 1. The summed E-state index contributed by atoms with van der Waals surface area (Å²) >= 11 is 0. The summed E-state index contributed by atoms with van der Waals surface area (Å²) in [7, 11) is 0. The van der Waals surface area contributed by atoms with Gasteiger partial charge in [-0.3, -0.25) is 4.79 Å². The molecular formula is C21H24N2O.